The Labute approximate surface area is 167 Å². The van der Waals surface area contributed by atoms with Crippen molar-refractivity contribution < 1.29 is 14.3 Å². The zero-order valence-electron chi connectivity index (χ0n) is 16.6. The highest BCUT2D eigenvalue weighted by Gasteiger charge is 2.42. The van der Waals surface area contributed by atoms with E-state index in [0.717, 1.165) is 50.9 Å². The molecule has 0 aromatic heterocycles. The van der Waals surface area contributed by atoms with Gasteiger partial charge < -0.3 is 14.5 Å². The Kier molecular flexibility index (Phi) is 6.27. The van der Waals surface area contributed by atoms with Crippen LogP contribution in [0.4, 0.5) is 0 Å². The van der Waals surface area contributed by atoms with Crippen molar-refractivity contribution in [1.29, 1.82) is 0 Å². The summed E-state index contributed by atoms with van der Waals surface area (Å²) in [6, 6.07) is 10.5. The van der Waals surface area contributed by atoms with Crippen LogP contribution in [0.3, 0.4) is 0 Å². The number of fused-ring (bicyclic) bond motifs is 1. The van der Waals surface area contributed by atoms with Crippen molar-refractivity contribution in [2.45, 2.75) is 50.7 Å². The number of hydrogen-bond donors (Lipinski definition) is 0. The molecule has 3 aliphatic heterocycles. The van der Waals surface area contributed by atoms with Gasteiger partial charge in [0.2, 0.25) is 11.8 Å². The summed E-state index contributed by atoms with van der Waals surface area (Å²) in [5.74, 6) is 0.447. The van der Waals surface area contributed by atoms with Crippen LogP contribution in [0.1, 0.15) is 37.7 Å². The number of likely N-dealkylation sites (tertiary alicyclic amines) is 2. The topological polar surface area (TPSA) is 53.1 Å². The predicted octanol–water partition coefficient (Wildman–Crippen LogP) is 1.89. The fraction of sp³-hybridized carbons (Fsp3) is 0.636. The maximum absolute atomic E-state index is 13.1. The predicted molar refractivity (Wildman–Crippen MR) is 107 cm³/mol. The zero-order valence-corrected chi connectivity index (χ0v) is 16.6. The van der Waals surface area contributed by atoms with Crippen molar-refractivity contribution in [1.82, 2.24) is 14.7 Å². The molecule has 6 nitrogen and oxygen atoms in total. The molecule has 28 heavy (non-hydrogen) atoms. The van der Waals surface area contributed by atoms with Gasteiger partial charge in [0.15, 0.2) is 0 Å². The number of carbonyl (C=O) groups is 2. The number of benzene rings is 1. The maximum Gasteiger partial charge on any atom is 0.237 e. The van der Waals surface area contributed by atoms with E-state index in [2.05, 4.69) is 26.8 Å². The Morgan fingerprint density at radius 3 is 2.57 bits per heavy atom. The molecule has 4 rings (SSSR count). The lowest BCUT2D eigenvalue weighted by Crippen LogP contribution is -2.52. The van der Waals surface area contributed by atoms with Crippen LogP contribution in [0.5, 0.6) is 0 Å². The van der Waals surface area contributed by atoms with Crippen LogP contribution in [0.2, 0.25) is 0 Å². The summed E-state index contributed by atoms with van der Waals surface area (Å²) in [7, 11) is 0. The Balaban J connectivity index is 1.47. The molecule has 0 unspecified atom stereocenters. The summed E-state index contributed by atoms with van der Waals surface area (Å²) in [6.45, 7) is 4.94. The molecule has 3 fully saturated rings. The van der Waals surface area contributed by atoms with Gasteiger partial charge in [0.25, 0.3) is 0 Å². The van der Waals surface area contributed by atoms with Gasteiger partial charge in [-0.3, -0.25) is 14.5 Å². The molecule has 0 radical (unpaired) electrons. The molecule has 6 heteroatoms. The fourth-order valence-electron chi connectivity index (χ4n) is 4.84. The Hall–Kier alpha value is -1.92. The van der Waals surface area contributed by atoms with Crippen molar-refractivity contribution in [3.05, 3.63) is 35.9 Å². The molecule has 0 aliphatic carbocycles. The average Bonchev–Trinajstić information content (AvgIpc) is 3.13. The second kappa shape index (κ2) is 9.05. The first-order chi connectivity index (χ1) is 13.7. The van der Waals surface area contributed by atoms with Gasteiger partial charge in [0, 0.05) is 32.6 Å². The molecule has 0 saturated carbocycles. The Morgan fingerprint density at radius 1 is 1.00 bits per heavy atom. The van der Waals surface area contributed by atoms with Crippen LogP contribution < -0.4 is 0 Å². The molecule has 152 valence electrons. The van der Waals surface area contributed by atoms with Gasteiger partial charge in [-0.25, -0.2) is 0 Å². The third kappa shape index (κ3) is 4.39. The minimum absolute atomic E-state index is 0.140. The van der Waals surface area contributed by atoms with E-state index < -0.39 is 0 Å². The van der Waals surface area contributed by atoms with Crippen molar-refractivity contribution in [3.63, 3.8) is 0 Å². The van der Waals surface area contributed by atoms with Gasteiger partial charge >= 0.3 is 0 Å². The van der Waals surface area contributed by atoms with Crippen LogP contribution in [0.25, 0.3) is 0 Å². The molecule has 2 atom stereocenters. The lowest BCUT2D eigenvalue weighted by Gasteiger charge is -2.38. The molecule has 3 aliphatic rings. The van der Waals surface area contributed by atoms with Crippen molar-refractivity contribution >= 4 is 11.8 Å². The van der Waals surface area contributed by atoms with Gasteiger partial charge in [-0.15, -0.1) is 0 Å². The molecule has 0 N–H and O–H groups in total. The smallest absolute Gasteiger partial charge is 0.237 e. The molecule has 1 aromatic rings. The van der Waals surface area contributed by atoms with Gasteiger partial charge in [-0.2, -0.15) is 0 Å². The summed E-state index contributed by atoms with van der Waals surface area (Å²) in [4.78, 5) is 32.3. The second-order valence-electron chi connectivity index (χ2n) is 8.15. The fourth-order valence-corrected chi connectivity index (χ4v) is 4.84. The first-order valence-electron chi connectivity index (χ1n) is 10.7. The molecular formula is C22H31N3O3. The van der Waals surface area contributed by atoms with Gasteiger partial charge in [-0.05, 0) is 24.8 Å². The van der Waals surface area contributed by atoms with Crippen LogP contribution in [0, 0.1) is 0 Å². The van der Waals surface area contributed by atoms with E-state index in [0.29, 0.717) is 32.7 Å². The molecule has 2 amide bonds. The average molecular weight is 386 g/mol. The summed E-state index contributed by atoms with van der Waals surface area (Å²) in [5, 5.41) is 0. The largest absolute Gasteiger partial charge is 0.379 e. The summed E-state index contributed by atoms with van der Waals surface area (Å²) in [5.41, 5.74) is 1.16. The van der Waals surface area contributed by atoms with Crippen LogP contribution in [0.15, 0.2) is 30.3 Å². The van der Waals surface area contributed by atoms with Gasteiger partial charge in [0.1, 0.15) is 0 Å². The third-order valence-corrected chi connectivity index (χ3v) is 6.35. The van der Waals surface area contributed by atoms with Crippen molar-refractivity contribution in [2.24, 2.45) is 0 Å². The highest BCUT2D eigenvalue weighted by Crippen LogP contribution is 2.31. The maximum atomic E-state index is 13.1. The molecule has 0 bridgehead atoms. The normalized spacial score (nSPS) is 26.6. The Morgan fingerprint density at radius 2 is 1.79 bits per heavy atom. The minimum Gasteiger partial charge on any atom is -0.379 e. The van der Waals surface area contributed by atoms with E-state index in [9.17, 15) is 9.59 Å². The molecular weight excluding hydrogens is 354 g/mol. The van der Waals surface area contributed by atoms with Crippen LogP contribution in [-0.2, 0) is 20.9 Å². The number of ether oxygens (including phenoxy) is 1. The third-order valence-electron chi connectivity index (χ3n) is 6.35. The lowest BCUT2D eigenvalue weighted by molar-refractivity contribution is -0.140. The van der Waals surface area contributed by atoms with Crippen LogP contribution in [-0.4, -0.2) is 78.0 Å². The monoisotopic (exact) mass is 385 g/mol. The summed E-state index contributed by atoms with van der Waals surface area (Å²) >= 11 is 0. The molecule has 3 saturated heterocycles. The zero-order chi connectivity index (χ0) is 19.3. The van der Waals surface area contributed by atoms with E-state index in [1.165, 1.54) is 0 Å². The second-order valence-corrected chi connectivity index (χ2v) is 8.15. The quantitative estimate of drug-likeness (QED) is 0.794. The van der Waals surface area contributed by atoms with E-state index in [-0.39, 0.29) is 23.9 Å². The van der Waals surface area contributed by atoms with E-state index in [1.54, 1.807) is 0 Å². The number of hydrogen-bond acceptors (Lipinski definition) is 4. The first kappa shape index (κ1) is 19.4. The highest BCUT2D eigenvalue weighted by atomic mass is 16.5. The van der Waals surface area contributed by atoms with E-state index >= 15 is 0 Å². The number of nitrogens with zero attached hydrogens (tertiary/aromatic N) is 3. The summed E-state index contributed by atoms with van der Waals surface area (Å²) < 4.78 is 5.39. The molecule has 1 aromatic carbocycles. The number of amides is 2. The SMILES string of the molecule is O=C(CN1CCOCC1)N1CC[C@H]2[C@H]1CCCCC(=O)N2Cc1ccccc1. The first-order valence-corrected chi connectivity index (χ1v) is 10.7. The van der Waals surface area contributed by atoms with Gasteiger partial charge in [0.05, 0.1) is 31.8 Å². The summed E-state index contributed by atoms with van der Waals surface area (Å²) in [6.07, 6.45) is 4.44. The Bertz CT molecular complexity index is 675. The van der Waals surface area contributed by atoms with Crippen molar-refractivity contribution in [2.75, 3.05) is 39.4 Å². The van der Waals surface area contributed by atoms with Crippen LogP contribution >= 0.6 is 0 Å². The number of rotatable bonds is 4. The van der Waals surface area contributed by atoms with Crippen molar-refractivity contribution in [3.8, 4) is 0 Å². The molecule has 0 spiro atoms. The minimum atomic E-state index is 0.140. The lowest BCUT2D eigenvalue weighted by atomic mass is 9.96. The van der Waals surface area contributed by atoms with E-state index in [4.69, 9.17) is 4.74 Å². The number of morpholine rings is 1. The van der Waals surface area contributed by atoms with Gasteiger partial charge in [-0.1, -0.05) is 36.8 Å². The molecule has 3 heterocycles. The number of carbonyl (C=O) groups excluding carboxylic acids is 2. The van der Waals surface area contributed by atoms with E-state index in [1.807, 2.05) is 18.2 Å². The standard InChI is InChI=1S/C22H31N3O3/c26-21-9-5-4-8-19-20(25(21)16-18-6-2-1-3-7-18)10-11-24(19)22(27)17-23-12-14-28-15-13-23/h1-3,6-7,19-20H,4-5,8-17H2/t19-,20+/m1/s1. The highest BCUT2D eigenvalue weighted by molar-refractivity contribution is 5.80.